The molecule has 1 aromatic carbocycles. The van der Waals surface area contributed by atoms with Crippen LogP contribution in [0.2, 0.25) is 0 Å². The number of sulfonamides is 1. The van der Waals surface area contributed by atoms with Gasteiger partial charge in [0.15, 0.2) is 0 Å². The Bertz CT molecular complexity index is 1310. The first-order valence-corrected chi connectivity index (χ1v) is 13.4. The number of nitrogens with zero attached hydrogens (tertiary/aromatic N) is 4. The van der Waals surface area contributed by atoms with Crippen molar-refractivity contribution in [2.45, 2.75) is 24.8 Å². The van der Waals surface area contributed by atoms with Crippen LogP contribution >= 0.6 is 0 Å². The van der Waals surface area contributed by atoms with Gasteiger partial charge in [-0.2, -0.15) is 0 Å². The summed E-state index contributed by atoms with van der Waals surface area (Å²) < 4.78 is 25.6. The number of benzene rings is 1. The monoisotopic (exact) mass is 492 g/mol. The van der Waals surface area contributed by atoms with Crippen LogP contribution in [0.1, 0.15) is 24.0 Å². The number of aromatic nitrogens is 2. The van der Waals surface area contributed by atoms with Gasteiger partial charge < -0.3 is 15.5 Å². The summed E-state index contributed by atoms with van der Waals surface area (Å²) in [5, 5.41) is 5.62. The number of pyridine rings is 2. The average molecular weight is 493 g/mol. The summed E-state index contributed by atoms with van der Waals surface area (Å²) in [6.45, 7) is 2.17. The highest BCUT2D eigenvalue weighted by Gasteiger charge is 2.46. The minimum Gasteiger partial charge on any atom is -0.334 e. The summed E-state index contributed by atoms with van der Waals surface area (Å²) in [5.74, 6) is 0.793. The highest BCUT2D eigenvalue weighted by molar-refractivity contribution is 7.88. The van der Waals surface area contributed by atoms with Crippen LogP contribution in [0.4, 0.5) is 22.0 Å². The number of para-hydroxylation sites is 1. The number of hydrogen-bond donors (Lipinski definition) is 2. The molecule has 2 aliphatic heterocycles. The van der Waals surface area contributed by atoms with Crippen molar-refractivity contribution in [2.75, 3.05) is 36.1 Å². The first-order chi connectivity index (χ1) is 16.8. The van der Waals surface area contributed by atoms with E-state index in [-0.39, 0.29) is 11.4 Å². The Balaban J connectivity index is 1.28. The van der Waals surface area contributed by atoms with Gasteiger partial charge >= 0.3 is 6.03 Å². The van der Waals surface area contributed by atoms with Gasteiger partial charge in [-0.25, -0.2) is 22.5 Å². The van der Waals surface area contributed by atoms with Crippen LogP contribution in [0.25, 0.3) is 0 Å². The predicted octanol–water partition coefficient (Wildman–Crippen LogP) is 3.24. The number of fused-ring (bicyclic) bond motifs is 2. The average Bonchev–Trinajstić information content (AvgIpc) is 3.17. The Hall–Kier alpha value is -3.50. The molecule has 1 saturated heterocycles. The smallest absolute Gasteiger partial charge is 0.319 e. The van der Waals surface area contributed by atoms with Gasteiger partial charge in [-0.15, -0.1) is 0 Å². The molecule has 9 nitrogen and oxygen atoms in total. The number of urea groups is 1. The fraction of sp³-hybridized carbons (Fsp3) is 0.320. The molecule has 0 bridgehead atoms. The van der Waals surface area contributed by atoms with Crippen molar-refractivity contribution in [1.29, 1.82) is 0 Å². The van der Waals surface area contributed by atoms with Crippen LogP contribution in [0, 0.1) is 0 Å². The molecule has 1 fully saturated rings. The molecule has 0 unspecified atom stereocenters. The Labute approximate surface area is 205 Å². The molecule has 2 aromatic heterocycles. The van der Waals surface area contributed by atoms with E-state index in [0.29, 0.717) is 25.3 Å². The second-order valence-corrected chi connectivity index (χ2v) is 11.1. The molecule has 2 aliphatic rings. The Morgan fingerprint density at radius 3 is 2.54 bits per heavy atom. The van der Waals surface area contributed by atoms with Crippen LogP contribution in [0.3, 0.4) is 0 Å². The van der Waals surface area contributed by atoms with Crippen LogP contribution < -0.4 is 15.5 Å². The third-order valence-electron chi connectivity index (χ3n) is 6.83. The molecule has 2 N–H and O–H groups in total. The fourth-order valence-corrected chi connectivity index (χ4v) is 5.83. The van der Waals surface area contributed by atoms with E-state index >= 15 is 0 Å². The molecule has 35 heavy (non-hydrogen) atoms. The van der Waals surface area contributed by atoms with E-state index in [0.717, 1.165) is 36.5 Å². The Kier molecular flexibility index (Phi) is 6.16. The Morgan fingerprint density at radius 2 is 1.86 bits per heavy atom. The summed E-state index contributed by atoms with van der Waals surface area (Å²) in [6.07, 6.45) is 7.87. The zero-order chi connectivity index (χ0) is 24.5. The van der Waals surface area contributed by atoms with Crippen molar-refractivity contribution in [3.63, 3.8) is 0 Å². The molecule has 0 aliphatic carbocycles. The number of nitrogens with one attached hydrogen (secondary N) is 2. The molecule has 2 amide bonds. The minimum atomic E-state index is -3.19. The zero-order valence-corrected chi connectivity index (χ0v) is 20.3. The van der Waals surface area contributed by atoms with Gasteiger partial charge in [-0.1, -0.05) is 24.3 Å². The first kappa shape index (κ1) is 23.3. The normalized spacial score (nSPS) is 17.2. The predicted molar refractivity (Wildman–Crippen MR) is 135 cm³/mol. The number of carbonyl (C=O) groups is 1. The van der Waals surface area contributed by atoms with E-state index in [9.17, 15) is 13.2 Å². The fourth-order valence-electron chi connectivity index (χ4n) is 4.99. The number of hydrogen-bond acceptors (Lipinski definition) is 6. The van der Waals surface area contributed by atoms with Gasteiger partial charge in [0.2, 0.25) is 10.0 Å². The number of piperidine rings is 1. The maximum absolute atomic E-state index is 12.3. The molecule has 5 rings (SSSR count). The van der Waals surface area contributed by atoms with E-state index in [1.807, 2.05) is 36.4 Å². The standard InChI is InChI=1S/C25H28N6O3S/c1-35(33,34)30-13-10-25(11-14-30)18-31(22-7-3-2-6-21(22)25)23-9-8-20(17-27-23)29-24(32)28-16-19-5-4-12-26-15-19/h2-9,12,15,17H,10-11,13-14,16,18H2,1H3,(H2,28,29,32). The number of rotatable bonds is 5. The van der Waals surface area contributed by atoms with Crippen LogP contribution in [-0.4, -0.2) is 54.6 Å². The lowest BCUT2D eigenvalue weighted by molar-refractivity contribution is 0.247. The summed E-state index contributed by atoms with van der Waals surface area (Å²) in [7, 11) is -3.19. The molecular formula is C25H28N6O3S. The first-order valence-electron chi connectivity index (χ1n) is 11.6. The van der Waals surface area contributed by atoms with E-state index in [4.69, 9.17) is 0 Å². The molecule has 1 spiro atoms. The van der Waals surface area contributed by atoms with Crippen molar-refractivity contribution in [1.82, 2.24) is 19.6 Å². The number of amides is 2. The van der Waals surface area contributed by atoms with E-state index in [1.54, 1.807) is 22.9 Å². The van der Waals surface area contributed by atoms with Crippen molar-refractivity contribution in [3.8, 4) is 0 Å². The molecule has 3 aromatic rings. The molecule has 0 atom stereocenters. The molecule has 0 saturated carbocycles. The third kappa shape index (κ3) is 4.85. The van der Waals surface area contributed by atoms with Crippen LogP contribution in [-0.2, 0) is 22.0 Å². The molecule has 10 heteroatoms. The summed E-state index contributed by atoms with van der Waals surface area (Å²) in [6, 6.07) is 15.4. The quantitative estimate of drug-likeness (QED) is 0.566. The maximum Gasteiger partial charge on any atom is 0.319 e. The van der Waals surface area contributed by atoms with Crippen molar-refractivity contribution < 1.29 is 13.2 Å². The Morgan fingerprint density at radius 1 is 1.06 bits per heavy atom. The lowest BCUT2D eigenvalue weighted by Crippen LogP contribution is -2.46. The maximum atomic E-state index is 12.3. The number of anilines is 3. The van der Waals surface area contributed by atoms with Gasteiger partial charge in [0.25, 0.3) is 0 Å². The summed E-state index contributed by atoms with van der Waals surface area (Å²) >= 11 is 0. The molecule has 0 radical (unpaired) electrons. The highest BCUT2D eigenvalue weighted by atomic mass is 32.2. The van der Waals surface area contributed by atoms with Gasteiger partial charge in [0, 0.05) is 49.7 Å². The summed E-state index contributed by atoms with van der Waals surface area (Å²) in [5.41, 5.74) is 3.75. The molecule has 182 valence electrons. The molecule has 4 heterocycles. The van der Waals surface area contributed by atoms with Gasteiger partial charge in [-0.05, 0) is 48.2 Å². The second-order valence-electron chi connectivity index (χ2n) is 9.12. The second kappa shape index (κ2) is 9.27. The lowest BCUT2D eigenvalue weighted by Gasteiger charge is -2.38. The molecular weight excluding hydrogens is 464 g/mol. The van der Waals surface area contributed by atoms with Gasteiger partial charge in [0.05, 0.1) is 18.1 Å². The van der Waals surface area contributed by atoms with Gasteiger partial charge in [0.1, 0.15) is 5.82 Å². The van der Waals surface area contributed by atoms with E-state index in [1.165, 1.54) is 11.8 Å². The van der Waals surface area contributed by atoms with Crippen molar-refractivity contribution >= 4 is 33.2 Å². The van der Waals surface area contributed by atoms with Crippen molar-refractivity contribution in [2.24, 2.45) is 0 Å². The van der Waals surface area contributed by atoms with E-state index in [2.05, 4.69) is 37.6 Å². The van der Waals surface area contributed by atoms with E-state index < -0.39 is 10.0 Å². The minimum absolute atomic E-state index is 0.109. The lowest BCUT2D eigenvalue weighted by atomic mass is 9.75. The SMILES string of the molecule is CS(=O)(=O)N1CCC2(CC1)CN(c1ccc(NC(=O)NCc3cccnc3)cn1)c1ccccc12. The highest BCUT2D eigenvalue weighted by Crippen LogP contribution is 2.49. The van der Waals surface area contributed by atoms with Crippen LogP contribution in [0.5, 0.6) is 0 Å². The zero-order valence-electron chi connectivity index (χ0n) is 19.5. The summed E-state index contributed by atoms with van der Waals surface area (Å²) in [4.78, 5) is 23.1. The topological polar surface area (TPSA) is 108 Å². The third-order valence-corrected chi connectivity index (χ3v) is 8.14. The van der Waals surface area contributed by atoms with Gasteiger partial charge in [-0.3, -0.25) is 4.98 Å². The number of carbonyl (C=O) groups excluding carboxylic acids is 1. The van der Waals surface area contributed by atoms with Crippen molar-refractivity contribution in [3.05, 3.63) is 78.2 Å². The van der Waals surface area contributed by atoms with Crippen LogP contribution in [0.15, 0.2) is 67.1 Å². The largest absolute Gasteiger partial charge is 0.334 e.